The molecule has 27 heavy (non-hydrogen) atoms. The van der Waals surface area contributed by atoms with E-state index in [1.54, 1.807) is 30.5 Å². The summed E-state index contributed by atoms with van der Waals surface area (Å²) in [6, 6.07) is 7.61. The summed E-state index contributed by atoms with van der Waals surface area (Å²) >= 11 is 0. The largest absolute Gasteiger partial charge is 0.383 e. The summed E-state index contributed by atoms with van der Waals surface area (Å²) in [5.74, 6) is 0. The first-order valence-corrected chi connectivity index (χ1v) is 10.1. The molecule has 1 aliphatic rings. The molecule has 8 nitrogen and oxygen atoms in total. The number of ether oxygens (including phenoxy) is 1. The summed E-state index contributed by atoms with van der Waals surface area (Å²) in [6.07, 6.45) is 9.01. The third kappa shape index (κ3) is 3.35. The van der Waals surface area contributed by atoms with E-state index in [9.17, 15) is 8.42 Å². The molecule has 1 atom stereocenters. The second-order valence-corrected chi connectivity index (χ2v) is 8.33. The van der Waals surface area contributed by atoms with Crippen molar-refractivity contribution in [2.45, 2.75) is 23.9 Å². The molecule has 3 aromatic rings. The van der Waals surface area contributed by atoms with Crippen molar-refractivity contribution >= 4 is 15.7 Å². The quantitative estimate of drug-likeness (QED) is 0.643. The number of anilines is 1. The van der Waals surface area contributed by atoms with Gasteiger partial charge < -0.3 is 9.30 Å². The Morgan fingerprint density at radius 1 is 1.30 bits per heavy atom. The number of hydrogen-bond donors (Lipinski definition) is 0. The first-order chi connectivity index (χ1) is 13.1. The zero-order valence-electron chi connectivity index (χ0n) is 15.0. The zero-order chi connectivity index (χ0) is 18.9. The lowest BCUT2D eigenvalue weighted by Crippen LogP contribution is -2.40. The van der Waals surface area contributed by atoms with Crippen LogP contribution in [-0.2, 0) is 27.7 Å². The topological polar surface area (TPSA) is 82.2 Å². The molecule has 0 bridgehead atoms. The molecule has 0 fully saturated rings. The van der Waals surface area contributed by atoms with Gasteiger partial charge in [0.05, 0.1) is 43.9 Å². The maximum Gasteiger partial charge on any atom is 0.267 e. The van der Waals surface area contributed by atoms with Crippen LogP contribution < -0.4 is 4.31 Å². The lowest BCUT2D eigenvalue weighted by atomic mass is 10.00. The van der Waals surface area contributed by atoms with E-state index in [1.807, 2.05) is 35.0 Å². The molecule has 0 N–H and O–H groups in total. The van der Waals surface area contributed by atoms with Crippen LogP contribution in [0.4, 0.5) is 5.69 Å². The minimum atomic E-state index is -3.73. The summed E-state index contributed by atoms with van der Waals surface area (Å²) in [6.45, 7) is 1.32. The first kappa shape index (κ1) is 17.7. The smallest absolute Gasteiger partial charge is 0.267 e. The molecule has 1 aliphatic heterocycles. The Hall–Kier alpha value is -2.65. The van der Waals surface area contributed by atoms with Crippen molar-refractivity contribution in [2.24, 2.45) is 0 Å². The van der Waals surface area contributed by atoms with E-state index in [4.69, 9.17) is 4.74 Å². The standard InChI is InChI=1S/C18H21N5O3S/c1-26-9-8-22-13-17(11-20-22)27(24,25)23-12-16(21-7-6-19-14-21)10-15-4-2-3-5-18(15)23/h2-7,11,13-14,16H,8-10,12H2,1H3. The van der Waals surface area contributed by atoms with E-state index in [1.165, 1.54) is 10.5 Å². The molecule has 0 aliphatic carbocycles. The number of nitrogens with zero attached hydrogens (tertiary/aromatic N) is 5. The highest BCUT2D eigenvalue weighted by Crippen LogP contribution is 2.35. The molecule has 1 aromatic carbocycles. The Morgan fingerprint density at radius 2 is 2.15 bits per heavy atom. The van der Waals surface area contributed by atoms with Gasteiger partial charge >= 0.3 is 0 Å². The highest BCUT2D eigenvalue weighted by molar-refractivity contribution is 7.92. The number of rotatable bonds is 6. The average Bonchev–Trinajstić information content (AvgIpc) is 3.37. The fourth-order valence-electron chi connectivity index (χ4n) is 3.36. The zero-order valence-corrected chi connectivity index (χ0v) is 15.8. The van der Waals surface area contributed by atoms with Gasteiger partial charge in [0.1, 0.15) is 4.90 Å². The van der Waals surface area contributed by atoms with Crippen LogP contribution in [0.25, 0.3) is 0 Å². The Kier molecular flexibility index (Phi) is 4.71. The number of methoxy groups -OCH3 is 1. The highest BCUT2D eigenvalue weighted by Gasteiger charge is 2.34. The molecule has 3 heterocycles. The van der Waals surface area contributed by atoms with Gasteiger partial charge in [0.25, 0.3) is 10.0 Å². The summed E-state index contributed by atoms with van der Waals surface area (Å²) < 4.78 is 36.8. The molecule has 0 spiro atoms. The third-order valence-corrected chi connectivity index (χ3v) is 6.49. The van der Waals surface area contributed by atoms with Gasteiger partial charge in [0.15, 0.2) is 0 Å². The third-order valence-electron chi connectivity index (χ3n) is 4.76. The summed E-state index contributed by atoms with van der Waals surface area (Å²) in [4.78, 5) is 4.28. The van der Waals surface area contributed by atoms with E-state index in [0.717, 1.165) is 17.7 Å². The van der Waals surface area contributed by atoms with Crippen molar-refractivity contribution in [3.05, 3.63) is 60.9 Å². The molecule has 142 valence electrons. The predicted molar refractivity (Wildman–Crippen MR) is 100 cm³/mol. The molecule has 0 radical (unpaired) electrons. The number of imidazole rings is 1. The molecule has 0 amide bonds. The summed E-state index contributed by atoms with van der Waals surface area (Å²) in [5.41, 5.74) is 1.72. The normalized spacial score (nSPS) is 17.1. The molecule has 4 rings (SSSR count). The van der Waals surface area contributed by atoms with Gasteiger partial charge in [-0.3, -0.25) is 8.99 Å². The van der Waals surface area contributed by atoms with Crippen LogP contribution in [0.3, 0.4) is 0 Å². The number of sulfonamides is 1. The van der Waals surface area contributed by atoms with E-state index >= 15 is 0 Å². The molecule has 0 saturated heterocycles. The van der Waals surface area contributed by atoms with Gasteiger partial charge in [0, 0.05) is 25.7 Å². The molecule has 2 aromatic heterocycles. The average molecular weight is 387 g/mol. The number of benzene rings is 1. The second-order valence-electron chi connectivity index (χ2n) is 6.46. The molecule has 1 unspecified atom stereocenters. The van der Waals surface area contributed by atoms with Gasteiger partial charge in [0.2, 0.25) is 0 Å². The molecule has 9 heteroatoms. The van der Waals surface area contributed by atoms with Crippen molar-refractivity contribution in [3.8, 4) is 0 Å². The molecular weight excluding hydrogens is 366 g/mol. The van der Waals surface area contributed by atoms with Crippen molar-refractivity contribution in [1.29, 1.82) is 0 Å². The Balaban J connectivity index is 1.71. The van der Waals surface area contributed by atoms with Crippen LogP contribution in [0.15, 0.2) is 60.3 Å². The van der Waals surface area contributed by atoms with E-state index in [-0.39, 0.29) is 10.9 Å². The number of fused-ring (bicyclic) bond motifs is 1. The van der Waals surface area contributed by atoms with Crippen LogP contribution >= 0.6 is 0 Å². The minimum Gasteiger partial charge on any atom is -0.383 e. The number of para-hydroxylation sites is 1. The van der Waals surface area contributed by atoms with E-state index in [0.29, 0.717) is 19.7 Å². The van der Waals surface area contributed by atoms with Crippen molar-refractivity contribution < 1.29 is 13.2 Å². The lowest BCUT2D eigenvalue weighted by Gasteiger charge is -2.35. The van der Waals surface area contributed by atoms with Crippen LogP contribution in [0, 0.1) is 0 Å². The van der Waals surface area contributed by atoms with Crippen LogP contribution in [0.5, 0.6) is 0 Å². The Morgan fingerprint density at radius 3 is 2.93 bits per heavy atom. The number of aromatic nitrogens is 4. The highest BCUT2D eigenvalue weighted by atomic mass is 32.2. The number of hydrogen-bond acceptors (Lipinski definition) is 5. The predicted octanol–water partition coefficient (Wildman–Crippen LogP) is 1.72. The van der Waals surface area contributed by atoms with Crippen LogP contribution in [0.1, 0.15) is 11.6 Å². The summed E-state index contributed by atoms with van der Waals surface area (Å²) in [5, 5.41) is 4.16. The van der Waals surface area contributed by atoms with Gasteiger partial charge in [-0.2, -0.15) is 5.10 Å². The molecule has 0 saturated carbocycles. The fourth-order valence-corrected chi connectivity index (χ4v) is 4.85. The van der Waals surface area contributed by atoms with Crippen molar-refractivity contribution in [2.75, 3.05) is 24.6 Å². The van der Waals surface area contributed by atoms with E-state index in [2.05, 4.69) is 10.1 Å². The second kappa shape index (κ2) is 7.16. The van der Waals surface area contributed by atoms with Crippen LogP contribution in [-0.4, -0.2) is 48.0 Å². The first-order valence-electron chi connectivity index (χ1n) is 8.69. The SMILES string of the molecule is COCCn1cc(S(=O)(=O)N2CC(n3ccnc3)Cc3ccccc32)cn1. The van der Waals surface area contributed by atoms with Gasteiger partial charge in [-0.15, -0.1) is 0 Å². The lowest BCUT2D eigenvalue weighted by molar-refractivity contribution is 0.183. The van der Waals surface area contributed by atoms with Gasteiger partial charge in [-0.25, -0.2) is 13.4 Å². The van der Waals surface area contributed by atoms with Crippen molar-refractivity contribution in [1.82, 2.24) is 19.3 Å². The van der Waals surface area contributed by atoms with Gasteiger partial charge in [-0.1, -0.05) is 18.2 Å². The summed E-state index contributed by atoms with van der Waals surface area (Å²) in [7, 11) is -2.13. The maximum absolute atomic E-state index is 13.4. The van der Waals surface area contributed by atoms with Gasteiger partial charge in [-0.05, 0) is 18.1 Å². The molecular formula is C18H21N5O3S. The van der Waals surface area contributed by atoms with Crippen LogP contribution in [0.2, 0.25) is 0 Å². The Bertz CT molecular complexity index is 1010. The fraction of sp³-hybridized carbons (Fsp3) is 0.333. The monoisotopic (exact) mass is 387 g/mol. The minimum absolute atomic E-state index is 0.0132. The van der Waals surface area contributed by atoms with Crippen molar-refractivity contribution in [3.63, 3.8) is 0 Å². The Labute approximate surface area is 158 Å². The maximum atomic E-state index is 13.4. The van der Waals surface area contributed by atoms with E-state index < -0.39 is 10.0 Å².